The molecule has 0 aromatic rings. The summed E-state index contributed by atoms with van der Waals surface area (Å²) >= 11 is 0. The maximum Gasteiger partial charge on any atom is 0.312 e. The fraction of sp³-hybridized carbons (Fsp3) is 0.950. The molecule has 3 saturated carbocycles. The van der Waals surface area contributed by atoms with Gasteiger partial charge in [0.25, 0.3) is 0 Å². The van der Waals surface area contributed by atoms with Crippen LogP contribution in [0.25, 0.3) is 0 Å². The number of ether oxygens (including phenoxy) is 1. The van der Waals surface area contributed by atoms with Crippen molar-refractivity contribution >= 4 is 5.97 Å². The molecule has 3 rings (SSSR count). The molecule has 0 spiro atoms. The maximum atomic E-state index is 14.6. The largest absolute Gasteiger partial charge is 0.462 e. The summed E-state index contributed by atoms with van der Waals surface area (Å²) in [6, 6.07) is 0. The van der Waals surface area contributed by atoms with E-state index >= 15 is 0 Å². The van der Waals surface area contributed by atoms with Crippen LogP contribution in [-0.4, -0.2) is 24.4 Å². The van der Waals surface area contributed by atoms with Gasteiger partial charge in [-0.15, -0.1) is 0 Å². The van der Waals surface area contributed by atoms with E-state index in [0.29, 0.717) is 50.4 Å². The van der Waals surface area contributed by atoms with Crippen molar-refractivity contribution in [2.24, 2.45) is 23.7 Å². The summed E-state index contributed by atoms with van der Waals surface area (Å²) in [5, 5.41) is 0. The van der Waals surface area contributed by atoms with Crippen LogP contribution in [0, 0.1) is 23.7 Å². The lowest BCUT2D eigenvalue weighted by Gasteiger charge is -2.38. The molecule has 3 unspecified atom stereocenters. The third kappa shape index (κ3) is 4.49. The van der Waals surface area contributed by atoms with E-state index in [-0.39, 0.29) is 12.1 Å². The quantitative estimate of drug-likeness (QED) is 0.643. The molecule has 4 heteroatoms. The summed E-state index contributed by atoms with van der Waals surface area (Å²) in [4.78, 5) is 12.3. The minimum absolute atomic E-state index is 0.200. The van der Waals surface area contributed by atoms with Gasteiger partial charge in [0.15, 0.2) is 0 Å². The Morgan fingerprint density at radius 2 is 1.46 bits per heavy atom. The van der Waals surface area contributed by atoms with Crippen molar-refractivity contribution in [3.05, 3.63) is 0 Å². The molecule has 3 aliphatic rings. The molecular formula is C20H32F2O2. The minimum Gasteiger partial charge on any atom is -0.462 e. The lowest BCUT2D eigenvalue weighted by Crippen LogP contribution is -2.38. The summed E-state index contributed by atoms with van der Waals surface area (Å²) in [5.74, 6) is 0.940. The molecule has 0 saturated heterocycles. The maximum absolute atomic E-state index is 14.6. The third-order valence-corrected chi connectivity index (χ3v) is 6.73. The molecule has 138 valence electrons. The zero-order valence-corrected chi connectivity index (χ0v) is 14.9. The van der Waals surface area contributed by atoms with Crippen molar-refractivity contribution in [3.8, 4) is 0 Å². The fourth-order valence-electron chi connectivity index (χ4n) is 4.99. The molecule has 0 N–H and O–H groups in total. The summed E-state index contributed by atoms with van der Waals surface area (Å²) in [7, 11) is 0. The number of rotatable bonds is 3. The topological polar surface area (TPSA) is 26.3 Å². The van der Waals surface area contributed by atoms with Gasteiger partial charge in [0.05, 0.1) is 5.92 Å². The van der Waals surface area contributed by atoms with Crippen LogP contribution in [0.3, 0.4) is 0 Å². The van der Waals surface area contributed by atoms with Gasteiger partial charge < -0.3 is 4.74 Å². The first kappa shape index (κ1) is 18.1. The van der Waals surface area contributed by atoms with E-state index in [0.717, 1.165) is 12.3 Å². The molecule has 3 fully saturated rings. The highest BCUT2D eigenvalue weighted by Gasteiger charge is 2.40. The standard InChI is InChI=1S/C20H32F2O2/c1-13-2-4-14(5-3-13)15-6-11-18(19(22)12-15)20(23)24-17-9-7-16(21)8-10-17/h13-19H,2-12H2,1H3. The van der Waals surface area contributed by atoms with Crippen molar-refractivity contribution < 1.29 is 18.3 Å². The third-order valence-electron chi connectivity index (χ3n) is 6.73. The fourth-order valence-corrected chi connectivity index (χ4v) is 4.99. The van der Waals surface area contributed by atoms with Crippen molar-refractivity contribution in [2.45, 2.75) is 96.0 Å². The number of alkyl halides is 2. The molecule has 2 nitrogen and oxygen atoms in total. The second-order valence-electron chi connectivity index (χ2n) is 8.53. The molecule has 0 aliphatic heterocycles. The van der Waals surface area contributed by atoms with Gasteiger partial charge in [0, 0.05) is 0 Å². The molecule has 0 radical (unpaired) electrons. The molecule has 3 aliphatic carbocycles. The lowest BCUT2D eigenvalue weighted by atomic mass is 9.69. The minimum atomic E-state index is -1.06. The van der Waals surface area contributed by atoms with Crippen LogP contribution in [0.15, 0.2) is 0 Å². The van der Waals surface area contributed by atoms with Crippen LogP contribution in [0.4, 0.5) is 8.78 Å². The van der Waals surface area contributed by atoms with Gasteiger partial charge in [0.2, 0.25) is 0 Å². The Morgan fingerprint density at radius 1 is 0.833 bits per heavy atom. The van der Waals surface area contributed by atoms with Crippen LogP contribution >= 0.6 is 0 Å². The van der Waals surface area contributed by atoms with Crippen molar-refractivity contribution in [2.75, 3.05) is 0 Å². The van der Waals surface area contributed by atoms with Gasteiger partial charge in [-0.3, -0.25) is 4.79 Å². The van der Waals surface area contributed by atoms with Crippen LogP contribution < -0.4 is 0 Å². The molecule has 0 amide bonds. The average molecular weight is 342 g/mol. The summed E-state index contributed by atoms with van der Waals surface area (Å²) in [6.07, 6.45) is 7.14. The predicted octanol–water partition coefficient (Wildman–Crippen LogP) is 5.39. The summed E-state index contributed by atoms with van der Waals surface area (Å²) in [6.45, 7) is 2.30. The Kier molecular flexibility index (Phi) is 6.15. The Labute approximate surface area is 144 Å². The van der Waals surface area contributed by atoms with Gasteiger partial charge in [0.1, 0.15) is 18.4 Å². The molecule has 0 heterocycles. The molecular weight excluding hydrogens is 310 g/mol. The van der Waals surface area contributed by atoms with Gasteiger partial charge in [-0.25, -0.2) is 8.78 Å². The predicted molar refractivity (Wildman–Crippen MR) is 90.1 cm³/mol. The van der Waals surface area contributed by atoms with Gasteiger partial charge in [-0.1, -0.05) is 19.8 Å². The summed E-state index contributed by atoms with van der Waals surface area (Å²) in [5.41, 5.74) is 0. The Balaban J connectivity index is 1.45. The molecule has 0 aromatic heterocycles. The van der Waals surface area contributed by atoms with E-state index in [2.05, 4.69) is 6.92 Å². The number of halogens is 2. The average Bonchev–Trinajstić information content (AvgIpc) is 2.57. The number of esters is 1. The summed E-state index contributed by atoms with van der Waals surface area (Å²) < 4.78 is 33.3. The van der Waals surface area contributed by atoms with E-state index in [1.807, 2.05) is 0 Å². The SMILES string of the molecule is CC1CCC(C2CCC(C(=O)OC3CCC(F)CC3)C(F)C2)CC1. The number of carbonyl (C=O) groups excluding carboxylic acids is 1. The highest BCUT2D eigenvalue weighted by Crippen LogP contribution is 2.42. The van der Waals surface area contributed by atoms with Crippen LogP contribution in [-0.2, 0) is 9.53 Å². The Bertz CT molecular complexity index is 412. The normalized spacial score (nSPS) is 44.0. The van der Waals surface area contributed by atoms with E-state index in [1.54, 1.807) is 0 Å². The van der Waals surface area contributed by atoms with Gasteiger partial charge in [-0.05, 0) is 75.5 Å². The highest BCUT2D eigenvalue weighted by molar-refractivity contribution is 5.73. The number of hydrogen-bond acceptors (Lipinski definition) is 2. The zero-order valence-electron chi connectivity index (χ0n) is 14.9. The first-order chi connectivity index (χ1) is 11.5. The molecule has 3 atom stereocenters. The monoisotopic (exact) mass is 342 g/mol. The smallest absolute Gasteiger partial charge is 0.312 e. The zero-order chi connectivity index (χ0) is 17.1. The number of hydrogen-bond donors (Lipinski definition) is 0. The lowest BCUT2D eigenvalue weighted by molar-refractivity contribution is -0.160. The van der Waals surface area contributed by atoms with E-state index in [1.165, 1.54) is 25.7 Å². The highest BCUT2D eigenvalue weighted by atomic mass is 19.1. The van der Waals surface area contributed by atoms with Crippen LogP contribution in [0.1, 0.15) is 77.6 Å². The number of carbonyl (C=O) groups is 1. The first-order valence-corrected chi connectivity index (χ1v) is 10.0. The molecule has 0 bridgehead atoms. The van der Waals surface area contributed by atoms with E-state index in [9.17, 15) is 13.6 Å². The van der Waals surface area contributed by atoms with E-state index < -0.39 is 18.3 Å². The second-order valence-corrected chi connectivity index (χ2v) is 8.53. The van der Waals surface area contributed by atoms with E-state index in [4.69, 9.17) is 4.74 Å². The van der Waals surface area contributed by atoms with Gasteiger partial charge in [-0.2, -0.15) is 0 Å². The van der Waals surface area contributed by atoms with Gasteiger partial charge >= 0.3 is 5.97 Å². The van der Waals surface area contributed by atoms with Crippen LogP contribution in [0.2, 0.25) is 0 Å². The Hall–Kier alpha value is -0.670. The van der Waals surface area contributed by atoms with Crippen molar-refractivity contribution in [1.29, 1.82) is 0 Å². The molecule has 24 heavy (non-hydrogen) atoms. The van der Waals surface area contributed by atoms with Crippen molar-refractivity contribution in [3.63, 3.8) is 0 Å². The Morgan fingerprint density at radius 3 is 2.08 bits per heavy atom. The first-order valence-electron chi connectivity index (χ1n) is 10.0. The second kappa shape index (κ2) is 8.14. The molecule has 0 aromatic carbocycles. The van der Waals surface area contributed by atoms with Crippen LogP contribution in [0.5, 0.6) is 0 Å². The van der Waals surface area contributed by atoms with Crippen molar-refractivity contribution in [1.82, 2.24) is 0 Å².